The van der Waals surface area contributed by atoms with Gasteiger partial charge >= 0.3 is 5.97 Å². The van der Waals surface area contributed by atoms with E-state index in [1.165, 1.54) is 0 Å². The van der Waals surface area contributed by atoms with Gasteiger partial charge in [-0.1, -0.05) is 42.5 Å². The first kappa shape index (κ1) is 14.0. The number of carbonyl (C=O) groups is 1. The van der Waals surface area contributed by atoms with Gasteiger partial charge in [0.05, 0.1) is 0 Å². The highest BCUT2D eigenvalue weighted by molar-refractivity contribution is 5.78. The monoisotopic (exact) mass is 290 g/mol. The summed E-state index contributed by atoms with van der Waals surface area (Å²) >= 11 is 0. The van der Waals surface area contributed by atoms with Crippen LogP contribution in [0.1, 0.15) is 11.3 Å². The Kier molecular flexibility index (Phi) is 3.97. The van der Waals surface area contributed by atoms with Gasteiger partial charge in [-0.15, -0.1) is 0 Å². The van der Waals surface area contributed by atoms with Gasteiger partial charge in [-0.25, -0.2) is 4.79 Å². The van der Waals surface area contributed by atoms with Gasteiger partial charge in [0.2, 0.25) is 17.8 Å². The molecule has 2 aromatic carbocycles. The van der Waals surface area contributed by atoms with Gasteiger partial charge in [-0.05, 0) is 23.8 Å². The average molecular weight is 290 g/mol. The molecule has 0 amide bonds. The Morgan fingerprint density at radius 2 is 1.64 bits per heavy atom. The van der Waals surface area contributed by atoms with Crippen molar-refractivity contribution < 1.29 is 14.5 Å². The molecule has 1 N–H and O–H groups in total. The lowest BCUT2D eigenvalue weighted by Gasteiger charge is -2.03. The van der Waals surface area contributed by atoms with Crippen LogP contribution >= 0.6 is 0 Å². The number of aromatic nitrogens is 1. The molecule has 0 aliphatic carbocycles. The zero-order valence-electron chi connectivity index (χ0n) is 12.0. The topological polar surface area (TPSA) is 41.2 Å². The summed E-state index contributed by atoms with van der Waals surface area (Å²) in [5.74, 6) is -0.851. The van der Waals surface area contributed by atoms with Crippen LogP contribution in [0.2, 0.25) is 0 Å². The lowest BCUT2D eigenvalue weighted by atomic mass is 10.1. The molecule has 0 radical (unpaired) electrons. The van der Waals surface area contributed by atoms with E-state index in [9.17, 15) is 9.90 Å². The molecule has 0 unspecified atom stereocenters. The number of para-hydroxylation sites is 1. The molecule has 108 valence electrons. The molecular formula is C19H16NO2+. The molecule has 3 nitrogen and oxygen atoms in total. The van der Waals surface area contributed by atoms with Gasteiger partial charge < -0.3 is 5.11 Å². The van der Waals surface area contributed by atoms with Crippen molar-refractivity contribution in [1.29, 1.82) is 0 Å². The number of fused-ring (bicyclic) bond motifs is 1. The predicted octanol–water partition coefficient (Wildman–Crippen LogP) is 3.38. The third-order valence-electron chi connectivity index (χ3n) is 3.51. The van der Waals surface area contributed by atoms with Crippen molar-refractivity contribution >= 4 is 29.0 Å². The molecule has 22 heavy (non-hydrogen) atoms. The number of benzene rings is 2. The number of carboxylic acids is 1. The van der Waals surface area contributed by atoms with E-state index in [1.54, 1.807) is 0 Å². The molecule has 3 heteroatoms. The lowest BCUT2D eigenvalue weighted by molar-refractivity contribution is -0.661. The summed E-state index contributed by atoms with van der Waals surface area (Å²) in [5, 5.41) is 10.2. The number of pyridine rings is 1. The van der Waals surface area contributed by atoms with Crippen molar-refractivity contribution in [1.82, 2.24) is 0 Å². The van der Waals surface area contributed by atoms with Crippen LogP contribution in [0.25, 0.3) is 23.1 Å². The minimum absolute atomic E-state index is 0.0597. The number of carboxylic acid groups (broad SMARTS) is 1. The number of hydrogen-bond acceptors (Lipinski definition) is 1. The Morgan fingerprint density at radius 1 is 0.909 bits per heavy atom. The molecule has 3 aromatic rings. The van der Waals surface area contributed by atoms with Gasteiger partial charge in [0, 0.05) is 23.6 Å². The second kappa shape index (κ2) is 6.22. The first-order valence-electron chi connectivity index (χ1n) is 7.10. The van der Waals surface area contributed by atoms with Crippen molar-refractivity contribution in [3.05, 3.63) is 78.0 Å². The first-order valence-corrected chi connectivity index (χ1v) is 7.10. The van der Waals surface area contributed by atoms with E-state index in [2.05, 4.69) is 0 Å². The van der Waals surface area contributed by atoms with Crippen LogP contribution in [0, 0.1) is 0 Å². The van der Waals surface area contributed by atoms with Crippen LogP contribution in [-0.2, 0) is 11.3 Å². The summed E-state index contributed by atoms with van der Waals surface area (Å²) in [4.78, 5) is 11.2. The van der Waals surface area contributed by atoms with Crippen LogP contribution in [0.3, 0.4) is 0 Å². The van der Waals surface area contributed by atoms with E-state index >= 15 is 0 Å². The van der Waals surface area contributed by atoms with Crippen LogP contribution in [0.15, 0.2) is 66.7 Å². The van der Waals surface area contributed by atoms with E-state index in [1.807, 2.05) is 83.4 Å². The third-order valence-corrected chi connectivity index (χ3v) is 3.51. The van der Waals surface area contributed by atoms with Crippen LogP contribution in [0.4, 0.5) is 0 Å². The van der Waals surface area contributed by atoms with Crippen molar-refractivity contribution in [3.8, 4) is 0 Å². The predicted molar refractivity (Wildman–Crippen MR) is 87.1 cm³/mol. The Bertz CT molecular complexity index is 838. The standard InChI is InChI=1S/C19H15NO2/c21-19(22)14-20-17(12-10-15-6-2-1-3-7-15)13-11-16-8-4-5-9-18(16)20/h1-13H,14H2/p+1/b12-10+. The van der Waals surface area contributed by atoms with Gasteiger partial charge in [0.1, 0.15) is 0 Å². The normalized spacial score (nSPS) is 11.1. The number of aliphatic carboxylic acids is 1. The summed E-state index contributed by atoms with van der Waals surface area (Å²) in [7, 11) is 0. The smallest absolute Gasteiger partial charge is 0.370 e. The molecule has 1 aromatic heterocycles. The fourth-order valence-corrected chi connectivity index (χ4v) is 2.48. The molecular weight excluding hydrogens is 274 g/mol. The zero-order valence-corrected chi connectivity index (χ0v) is 12.0. The molecule has 0 spiro atoms. The van der Waals surface area contributed by atoms with Gasteiger partial charge in [-0.3, -0.25) is 0 Å². The molecule has 0 bridgehead atoms. The quantitative estimate of drug-likeness (QED) is 0.748. The summed E-state index contributed by atoms with van der Waals surface area (Å²) in [6.45, 7) is -0.0597. The Labute approximate surface area is 128 Å². The number of rotatable bonds is 4. The fraction of sp³-hybridized carbons (Fsp3) is 0.0526. The maximum atomic E-state index is 11.2. The van der Waals surface area contributed by atoms with E-state index in [0.717, 1.165) is 22.2 Å². The Morgan fingerprint density at radius 3 is 2.41 bits per heavy atom. The van der Waals surface area contributed by atoms with E-state index < -0.39 is 5.97 Å². The number of hydrogen-bond donors (Lipinski definition) is 1. The minimum Gasteiger partial charge on any atom is -0.477 e. The van der Waals surface area contributed by atoms with Crippen LogP contribution in [-0.4, -0.2) is 11.1 Å². The van der Waals surface area contributed by atoms with E-state index in [4.69, 9.17) is 0 Å². The van der Waals surface area contributed by atoms with Crippen molar-refractivity contribution in [3.63, 3.8) is 0 Å². The second-order valence-corrected chi connectivity index (χ2v) is 5.04. The highest BCUT2D eigenvalue weighted by Gasteiger charge is 2.16. The Hall–Kier alpha value is -2.94. The number of nitrogens with zero attached hydrogens (tertiary/aromatic N) is 1. The Balaban J connectivity index is 2.08. The van der Waals surface area contributed by atoms with Gasteiger partial charge in [0.15, 0.2) is 0 Å². The first-order chi connectivity index (χ1) is 10.7. The molecule has 0 fully saturated rings. The molecule has 1 heterocycles. The maximum Gasteiger partial charge on any atom is 0.370 e. The van der Waals surface area contributed by atoms with Crippen molar-refractivity contribution in [2.75, 3.05) is 0 Å². The summed E-state index contributed by atoms with van der Waals surface area (Å²) in [5.41, 5.74) is 2.86. The summed E-state index contributed by atoms with van der Waals surface area (Å²) in [6.07, 6.45) is 3.94. The molecule has 0 aliphatic rings. The maximum absolute atomic E-state index is 11.2. The van der Waals surface area contributed by atoms with Crippen LogP contribution in [0.5, 0.6) is 0 Å². The highest BCUT2D eigenvalue weighted by atomic mass is 16.4. The van der Waals surface area contributed by atoms with Crippen molar-refractivity contribution in [2.45, 2.75) is 6.54 Å². The lowest BCUT2D eigenvalue weighted by Crippen LogP contribution is -2.41. The molecule has 3 rings (SSSR count). The second-order valence-electron chi connectivity index (χ2n) is 5.04. The fourth-order valence-electron chi connectivity index (χ4n) is 2.48. The largest absolute Gasteiger partial charge is 0.477 e. The minimum atomic E-state index is -0.851. The molecule has 0 saturated heterocycles. The third kappa shape index (κ3) is 3.04. The molecule has 0 saturated carbocycles. The zero-order chi connectivity index (χ0) is 15.4. The SMILES string of the molecule is O=C(O)C[n+]1c(/C=C/c2ccccc2)ccc2ccccc21. The van der Waals surface area contributed by atoms with Gasteiger partial charge in [-0.2, -0.15) is 4.57 Å². The van der Waals surface area contributed by atoms with Gasteiger partial charge in [0.25, 0.3) is 0 Å². The molecule has 0 atom stereocenters. The summed E-state index contributed by atoms with van der Waals surface area (Å²) < 4.78 is 1.82. The molecule has 0 aliphatic heterocycles. The van der Waals surface area contributed by atoms with Crippen molar-refractivity contribution in [2.24, 2.45) is 0 Å². The summed E-state index contributed by atoms with van der Waals surface area (Å²) in [6, 6.07) is 21.7. The van der Waals surface area contributed by atoms with E-state index in [-0.39, 0.29) is 6.54 Å². The highest BCUT2D eigenvalue weighted by Crippen LogP contribution is 2.12. The van der Waals surface area contributed by atoms with E-state index in [0.29, 0.717) is 0 Å². The van der Waals surface area contributed by atoms with Crippen LogP contribution < -0.4 is 4.57 Å². The average Bonchev–Trinajstić information content (AvgIpc) is 2.54.